The number of nitrogens with zero attached hydrogens (tertiary/aromatic N) is 1. The van der Waals surface area contributed by atoms with E-state index >= 15 is 0 Å². The molecule has 2 rings (SSSR count). The molecule has 1 atom stereocenters. The van der Waals surface area contributed by atoms with Crippen LogP contribution in [-0.2, 0) is 0 Å². The van der Waals surface area contributed by atoms with Crippen LogP contribution in [0.2, 0.25) is 0 Å². The van der Waals surface area contributed by atoms with Crippen LogP contribution in [0.5, 0.6) is 0 Å². The maximum atomic E-state index is 12.1. The molecule has 1 amide bonds. The van der Waals surface area contributed by atoms with Gasteiger partial charge in [-0.05, 0) is 57.4 Å². The molecule has 0 saturated heterocycles. The zero-order chi connectivity index (χ0) is 15.4. The number of likely N-dealkylation sites (N-methyl/N-ethyl adjacent to an activating group) is 1. The van der Waals surface area contributed by atoms with Gasteiger partial charge < -0.3 is 9.73 Å². The van der Waals surface area contributed by atoms with Crippen molar-refractivity contribution in [3.05, 3.63) is 58.0 Å². The van der Waals surface area contributed by atoms with Crippen LogP contribution in [0.3, 0.4) is 0 Å². The minimum Gasteiger partial charge on any atom is -0.465 e. The van der Waals surface area contributed by atoms with Crippen molar-refractivity contribution in [3.8, 4) is 0 Å². The van der Waals surface area contributed by atoms with Gasteiger partial charge in [-0.15, -0.1) is 0 Å². The van der Waals surface area contributed by atoms with Gasteiger partial charge in [0.2, 0.25) is 0 Å². The van der Waals surface area contributed by atoms with Gasteiger partial charge in [0.15, 0.2) is 0 Å². The molecular weight excluding hydrogens is 332 g/mol. The normalized spacial score (nSPS) is 12.4. The molecule has 0 aliphatic carbocycles. The summed E-state index contributed by atoms with van der Waals surface area (Å²) >= 11 is 3.36. The molecular formula is C16H19BrN2O2. The summed E-state index contributed by atoms with van der Waals surface area (Å²) in [4.78, 5) is 14.2. The van der Waals surface area contributed by atoms with Gasteiger partial charge >= 0.3 is 0 Å². The number of carbonyl (C=O) groups is 1. The van der Waals surface area contributed by atoms with E-state index < -0.39 is 0 Å². The number of furan rings is 1. The Bertz CT molecular complexity index is 605. The SMILES string of the molecule is Cc1ccc(C(CNC(=O)c2ccc(Br)cc2)N(C)C)o1. The second kappa shape index (κ2) is 6.91. The number of benzene rings is 1. The molecule has 1 unspecified atom stereocenters. The topological polar surface area (TPSA) is 45.5 Å². The van der Waals surface area contributed by atoms with Gasteiger partial charge in [-0.2, -0.15) is 0 Å². The van der Waals surface area contributed by atoms with E-state index in [1.807, 2.05) is 50.2 Å². The van der Waals surface area contributed by atoms with Crippen LogP contribution in [-0.4, -0.2) is 31.4 Å². The van der Waals surface area contributed by atoms with Crippen molar-refractivity contribution in [2.45, 2.75) is 13.0 Å². The molecule has 21 heavy (non-hydrogen) atoms. The third kappa shape index (κ3) is 4.19. The predicted octanol–water partition coefficient (Wildman–Crippen LogP) is 3.38. The third-order valence-corrected chi connectivity index (χ3v) is 3.80. The number of carbonyl (C=O) groups excluding carboxylic acids is 1. The summed E-state index contributed by atoms with van der Waals surface area (Å²) in [6.07, 6.45) is 0. The first kappa shape index (κ1) is 15.8. The Labute approximate surface area is 133 Å². The summed E-state index contributed by atoms with van der Waals surface area (Å²) in [6, 6.07) is 11.2. The Morgan fingerprint density at radius 1 is 1.24 bits per heavy atom. The van der Waals surface area contributed by atoms with E-state index in [1.54, 1.807) is 12.1 Å². The summed E-state index contributed by atoms with van der Waals surface area (Å²) in [6.45, 7) is 2.41. The molecule has 0 radical (unpaired) electrons. The van der Waals surface area contributed by atoms with Crippen LogP contribution in [0.1, 0.15) is 27.9 Å². The third-order valence-electron chi connectivity index (χ3n) is 3.28. The van der Waals surface area contributed by atoms with Crippen LogP contribution in [0, 0.1) is 6.92 Å². The highest BCUT2D eigenvalue weighted by atomic mass is 79.9. The first-order valence-corrected chi connectivity index (χ1v) is 7.53. The first-order chi connectivity index (χ1) is 9.97. The highest BCUT2D eigenvalue weighted by molar-refractivity contribution is 9.10. The molecule has 4 nitrogen and oxygen atoms in total. The van der Waals surface area contributed by atoms with E-state index in [1.165, 1.54) is 0 Å². The van der Waals surface area contributed by atoms with Crippen molar-refractivity contribution in [2.24, 2.45) is 0 Å². The largest absolute Gasteiger partial charge is 0.465 e. The number of amides is 1. The van der Waals surface area contributed by atoms with Gasteiger partial charge in [0.1, 0.15) is 11.5 Å². The van der Waals surface area contributed by atoms with Gasteiger partial charge in [-0.25, -0.2) is 0 Å². The van der Waals surface area contributed by atoms with E-state index in [0.717, 1.165) is 16.0 Å². The van der Waals surface area contributed by atoms with Gasteiger partial charge in [-0.3, -0.25) is 9.69 Å². The van der Waals surface area contributed by atoms with Gasteiger partial charge in [-0.1, -0.05) is 15.9 Å². The van der Waals surface area contributed by atoms with Gasteiger partial charge in [0.05, 0.1) is 6.04 Å². The Morgan fingerprint density at radius 2 is 1.90 bits per heavy atom. The Morgan fingerprint density at radius 3 is 2.43 bits per heavy atom. The Kier molecular flexibility index (Phi) is 5.20. The summed E-state index contributed by atoms with van der Waals surface area (Å²) in [5.74, 6) is 1.64. The standard InChI is InChI=1S/C16H19BrN2O2/c1-11-4-9-15(21-11)14(19(2)3)10-18-16(20)12-5-7-13(17)8-6-12/h4-9,14H,10H2,1-3H3,(H,18,20). The first-order valence-electron chi connectivity index (χ1n) is 6.74. The molecule has 0 fully saturated rings. The minimum atomic E-state index is -0.0855. The molecule has 0 aliphatic rings. The van der Waals surface area contributed by atoms with Crippen molar-refractivity contribution in [3.63, 3.8) is 0 Å². The molecule has 1 N–H and O–H groups in total. The second-order valence-corrected chi connectivity index (χ2v) is 6.06. The fourth-order valence-electron chi connectivity index (χ4n) is 2.06. The number of hydrogen-bond acceptors (Lipinski definition) is 3. The van der Waals surface area contributed by atoms with E-state index in [-0.39, 0.29) is 11.9 Å². The molecule has 112 valence electrons. The summed E-state index contributed by atoms with van der Waals surface area (Å²) < 4.78 is 6.62. The quantitative estimate of drug-likeness (QED) is 0.898. The monoisotopic (exact) mass is 350 g/mol. The zero-order valence-corrected chi connectivity index (χ0v) is 14.0. The smallest absolute Gasteiger partial charge is 0.251 e. The lowest BCUT2D eigenvalue weighted by atomic mass is 10.2. The second-order valence-electron chi connectivity index (χ2n) is 5.14. The minimum absolute atomic E-state index is 0.0121. The highest BCUT2D eigenvalue weighted by Crippen LogP contribution is 2.20. The van der Waals surface area contributed by atoms with E-state index in [2.05, 4.69) is 21.2 Å². The molecule has 2 aromatic rings. The van der Waals surface area contributed by atoms with Crippen molar-refractivity contribution in [1.82, 2.24) is 10.2 Å². The van der Waals surface area contributed by atoms with Crippen molar-refractivity contribution >= 4 is 21.8 Å². The lowest BCUT2D eigenvalue weighted by Gasteiger charge is -2.22. The van der Waals surface area contributed by atoms with Crippen LogP contribution in [0.4, 0.5) is 0 Å². The summed E-state index contributed by atoms with van der Waals surface area (Å²) in [5, 5.41) is 2.95. The van der Waals surface area contributed by atoms with E-state index in [0.29, 0.717) is 12.1 Å². The van der Waals surface area contributed by atoms with Crippen LogP contribution >= 0.6 is 15.9 Å². The number of rotatable bonds is 5. The van der Waals surface area contributed by atoms with Crippen LogP contribution in [0.15, 0.2) is 45.3 Å². The highest BCUT2D eigenvalue weighted by Gasteiger charge is 2.18. The van der Waals surface area contributed by atoms with E-state index in [9.17, 15) is 4.79 Å². The number of hydrogen-bond donors (Lipinski definition) is 1. The summed E-state index contributed by atoms with van der Waals surface area (Å²) in [5.41, 5.74) is 0.645. The maximum absolute atomic E-state index is 12.1. The lowest BCUT2D eigenvalue weighted by molar-refractivity contribution is 0.0939. The van der Waals surface area contributed by atoms with Crippen LogP contribution in [0.25, 0.3) is 0 Å². The molecule has 5 heteroatoms. The molecule has 0 aliphatic heterocycles. The maximum Gasteiger partial charge on any atom is 0.251 e. The van der Waals surface area contributed by atoms with Crippen molar-refractivity contribution in [2.75, 3.05) is 20.6 Å². The lowest BCUT2D eigenvalue weighted by Crippen LogP contribution is -2.34. The molecule has 1 aromatic heterocycles. The number of aryl methyl sites for hydroxylation is 1. The Hall–Kier alpha value is -1.59. The molecule has 1 heterocycles. The zero-order valence-electron chi connectivity index (χ0n) is 12.4. The van der Waals surface area contributed by atoms with Crippen molar-refractivity contribution < 1.29 is 9.21 Å². The average Bonchev–Trinajstić information content (AvgIpc) is 2.85. The average molecular weight is 351 g/mol. The van der Waals surface area contributed by atoms with Crippen LogP contribution < -0.4 is 5.32 Å². The van der Waals surface area contributed by atoms with Gasteiger partial charge in [0.25, 0.3) is 5.91 Å². The Balaban J connectivity index is 2.02. The number of nitrogens with one attached hydrogen (secondary N) is 1. The fraction of sp³-hybridized carbons (Fsp3) is 0.312. The van der Waals surface area contributed by atoms with Crippen molar-refractivity contribution in [1.29, 1.82) is 0 Å². The molecule has 0 spiro atoms. The predicted molar refractivity (Wildman–Crippen MR) is 86.3 cm³/mol. The van der Waals surface area contributed by atoms with E-state index in [4.69, 9.17) is 4.42 Å². The molecule has 1 aromatic carbocycles. The molecule has 0 bridgehead atoms. The van der Waals surface area contributed by atoms with Gasteiger partial charge in [0, 0.05) is 16.6 Å². The number of halogens is 1. The molecule has 0 saturated carbocycles. The fourth-order valence-corrected chi connectivity index (χ4v) is 2.33. The summed E-state index contributed by atoms with van der Waals surface area (Å²) in [7, 11) is 3.93.